The fourth-order valence-corrected chi connectivity index (χ4v) is 7.80. The zero-order chi connectivity index (χ0) is 41.0. The van der Waals surface area contributed by atoms with Crippen LogP contribution in [0.5, 0.6) is 0 Å². The highest BCUT2D eigenvalue weighted by Crippen LogP contribution is 2.36. The first kappa shape index (κ1) is 45.2. The number of rotatable bonds is 7. The minimum atomic E-state index is -4.70. The molecule has 0 aliphatic heterocycles. The number of nitrogens with zero attached hydrogens (tertiary/aromatic N) is 8. The van der Waals surface area contributed by atoms with E-state index in [1.54, 1.807) is 60.7 Å². The molecule has 0 fully saturated rings. The number of alkyl halides is 6. The number of halogens is 13. The summed E-state index contributed by atoms with van der Waals surface area (Å²) in [6.07, 6.45) is -6.92. The first-order valence-corrected chi connectivity index (χ1v) is 20.0. The highest BCUT2D eigenvalue weighted by atomic mass is 127. The molecule has 1 N–H and O–H groups in total. The number of hydrogen-bond acceptors (Lipinski definition) is 6. The van der Waals surface area contributed by atoms with Crippen LogP contribution < -0.4 is 0 Å². The molecule has 0 amide bonds. The van der Waals surface area contributed by atoms with Gasteiger partial charge in [0, 0.05) is 31.9 Å². The number of benzene rings is 2. The third-order valence-electron chi connectivity index (χ3n) is 7.16. The lowest BCUT2D eigenvalue weighted by atomic mass is 10.1. The summed E-state index contributed by atoms with van der Waals surface area (Å²) in [5.41, 5.74) is -0.700. The van der Waals surface area contributed by atoms with E-state index in [1.807, 2.05) is 36.4 Å². The Morgan fingerprint density at radius 3 is 1.64 bits per heavy atom. The second-order valence-electron chi connectivity index (χ2n) is 10.8. The molecule has 2 aromatic carbocycles. The van der Waals surface area contributed by atoms with Crippen molar-refractivity contribution >= 4 is 106 Å². The van der Waals surface area contributed by atoms with Crippen LogP contribution in [0.2, 0.25) is 0 Å². The number of aldehydes is 1. The van der Waals surface area contributed by atoms with Gasteiger partial charge in [0.25, 0.3) is 0 Å². The van der Waals surface area contributed by atoms with Crippen molar-refractivity contribution in [2.24, 2.45) is 0 Å². The summed E-state index contributed by atoms with van der Waals surface area (Å²) in [4.78, 5) is 10.3. The molecule has 294 valence electrons. The van der Waals surface area contributed by atoms with Gasteiger partial charge >= 0.3 is 12.4 Å². The van der Waals surface area contributed by atoms with Crippen molar-refractivity contribution < 1.29 is 45.0 Å². The molecular weight excluding hydrogens is 1220 g/mol. The number of aromatic nitrogens is 8. The van der Waals surface area contributed by atoms with E-state index in [2.05, 4.69) is 52.3 Å². The van der Waals surface area contributed by atoms with Gasteiger partial charge < -0.3 is 5.11 Å². The second kappa shape index (κ2) is 18.8. The fraction of sp³-hybridized carbons (Fsp3) is 0.219. The first-order chi connectivity index (χ1) is 25.7. The van der Waals surface area contributed by atoms with Crippen LogP contribution >= 0.6 is 99.6 Å². The van der Waals surface area contributed by atoms with Crippen LogP contribution in [0.4, 0.5) is 35.1 Å². The van der Waals surface area contributed by atoms with E-state index >= 15 is 0 Å². The van der Waals surface area contributed by atoms with E-state index in [9.17, 15) is 45.0 Å². The molecule has 23 heteroatoms. The Morgan fingerprint density at radius 2 is 1.22 bits per heavy atom. The number of hydrogen-bond donors (Lipinski definition) is 1. The van der Waals surface area contributed by atoms with Gasteiger partial charge in [0.1, 0.15) is 30.6 Å². The molecule has 4 heterocycles. The summed E-state index contributed by atoms with van der Waals surface area (Å²) in [5, 5.41) is 25.9. The normalized spacial score (nSPS) is 12.1. The van der Waals surface area contributed by atoms with E-state index in [0.717, 1.165) is 45.0 Å². The van der Waals surface area contributed by atoms with Crippen LogP contribution in [0.3, 0.4) is 0 Å². The molecule has 55 heavy (non-hydrogen) atoms. The van der Waals surface area contributed by atoms with Gasteiger partial charge in [-0.1, -0.05) is 0 Å². The van der Waals surface area contributed by atoms with Crippen molar-refractivity contribution in [2.45, 2.75) is 45.4 Å². The Bertz CT molecular complexity index is 2290. The Kier molecular flexibility index (Phi) is 15.5. The molecule has 0 radical (unpaired) electrons. The zero-order valence-electron chi connectivity index (χ0n) is 27.7. The molecular formula is C32H23Br2F8I3N8O2. The van der Waals surface area contributed by atoms with Crippen molar-refractivity contribution in [3.8, 4) is 11.4 Å². The van der Waals surface area contributed by atoms with Crippen molar-refractivity contribution in [1.29, 1.82) is 0 Å². The summed E-state index contributed by atoms with van der Waals surface area (Å²) < 4.78 is 111. The summed E-state index contributed by atoms with van der Waals surface area (Å²) in [7, 11) is 0. The molecule has 1 unspecified atom stereocenters. The third-order valence-corrected chi connectivity index (χ3v) is 11.4. The molecule has 0 saturated heterocycles. The van der Waals surface area contributed by atoms with Crippen LogP contribution in [0.15, 0.2) is 70.1 Å². The highest BCUT2D eigenvalue weighted by molar-refractivity contribution is 14.1. The average Bonchev–Trinajstić information content (AvgIpc) is 3.90. The second-order valence-corrected chi connectivity index (χ2v) is 15.7. The molecule has 10 nitrogen and oxygen atoms in total. The maximum absolute atomic E-state index is 13.4. The van der Waals surface area contributed by atoms with E-state index in [1.165, 1.54) is 36.5 Å². The molecule has 6 rings (SSSR count). The molecule has 0 bridgehead atoms. The van der Waals surface area contributed by atoms with Gasteiger partial charge in [0.15, 0.2) is 17.7 Å². The van der Waals surface area contributed by atoms with Crippen LogP contribution in [-0.4, -0.2) is 50.5 Å². The molecule has 0 spiro atoms. The standard InChI is InChI=1S/C16H12BrF4IN4O.C10H4F4I2N2.C6H7BrN2O/c1-2-25-15(17)9(7-23-25)14(27)12-6-13(16(19,20)21)24-26(12)11-4-3-8(18)5-10(11)22;11-5-1-2-7(6(15)3-5)18-9(16)4-8(17-18)10(12,13)14;1-2-9-6(7)5(4-10)3-8-9/h3-7,14,27H,2H2,1H3;1-4H;3-4H,2H2,1H3. The quantitative estimate of drug-likeness (QED) is 0.0969. The highest BCUT2D eigenvalue weighted by Gasteiger charge is 2.37. The molecule has 0 aliphatic rings. The number of aliphatic hydroxyl groups excluding tert-OH is 1. The van der Waals surface area contributed by atoms with Gasteiger partial charge in [-0.2, -0.15) is 46.7 Å². The van der Waals surface area contributed by atoms with E-state index < -0.39 is 41.5 Å². The maximum Gasteiger partial charge on any atom is 0.435 e. The lowest BCUT2D eigenvalue weighted by Gasteiger charge is -2.14. The van der Waals surface area contributed by atoms with Gasteiger partial charge in [-0.05, 0) is 156 Å². The van der Waals surface area contributed by atoms with Gasteiger partial charge in [-0.3, -0.25) is 14.2 Å². The van der Waals surface area contributed by atoms with Crippen molar-refractivity contribution in [3.05, 3.63) is 121 Å². The number of aliphatic hydroxyl groups is 1. The monoisotopic (exact) mass is 1240 g/mol. The predicted octanol–water partition coefficient (Wildman–Crippen LogP) is 10.4. The summed E-state index contributed by atoms with van der Waals surface area (Å²) in [6, 6.07) is 9.14. The number of carbonyl (C=O) groups excluding carboxylic acids is 1. The summed E-state index contributed by atoms with van der Waals surface area (Å²) >= 11 is 11.9. The van der Waals surface area contributed by atoms with E-state index in [0.29, 0.717) is 38.8 Å². The summed E-state index contributed by atoms with van der Waals surface area (Å²) in [6.45, 7) is 5.08. The van der Waals surface area contributed by atoms with Gasteiger partial charge in [-0.15, -0.1) is 0 Å². The molecule has 4 aromatic heterocycles. The topological polar surface area (TPSA) is 109 Å². The maximum atomic E-state index is 13.4. The number of carbonyl (C=O) groups is 1. The molecule has 1 atom stereocenters. The van der Waals surface area contributed by atoms with Crippen LogP contribution in [0.25, 0.3) is 11.4 Å². The fourth-order valence-electron chi connectivity index (χ4n) is 4.53. The van der Waals surface area contributed by atoms with Crippen molar-refractivity contribution in [1.82, 2.24) is 39.1 Å². The van der Waals surface area contributed by atoms with E-state index in [-0.39, 0.29) is 11.4 Å². The average molecular weight is 1240 g/mol. The first-order valence-electron chi connectivity index (χ1n) is 15.2. The lowest BCUT2D eigenvalue weighted by molar-refractivity contribution is -0.142. The third kappa shape index (κ3) is 10.9. The number of aryl methyl sites for hydroxylation is 2. The molecule has 0 saturated carbocycles. The molecule has 6 aromatic rings. The van der Waals surface area contributed by atoms with Gasteiger partial charge in [0.05, 0.1) is 35.0 Å². The largest absolute Gasteiger partial charge is 0.435 e. The Balaban J connectivity index is 0.000000205. The van der Waals surface area contributed by atoms with E-state index in [4.69, 9.17) is 0 Å². The predicted molar refractivity (Wildman–Crippen MR) is 216 cm³/mol. The Labute approximate surface area is 364 Å². The SMILES string of the molecule is CCn1ncc(C(O)c2cc(C(F)(F)F)nn2-c2ccc(F)cc2I)c1Br.CCn1ncc(C=O)c1Br.Fc1ccc(-n2nc(C(F)(F)F)cc2I)c(I)c1. The smallest absolute Gasteiger partial charge is 0.382 e. The zero-order valence-corrected chi connectivity index (χ0v) is 37.3. The van der Waals surface area contributed by atoms with Gasteiger partial charge in [-0.25, -0.2) is 18.1 Å². The Hall–Kier alpha value is -2.50. The lowest BCUT2D eigenvalue weighted by Crippen LogP contribution is -2.11. The van der Waals surface area contributed by atoms with Crippen LogP contribution in [-0.2, 0) is 25.4 Å². The van der Waals surface area contributed by atoms with Gasteiger partial charge in [0.2, 0.25) is 0 Å². The Morgan fingerprint density at radius 1 is 0.745 bits per heavy atom. The summed E-state index contributed by atoms with van der Waals surface area (Å²) in [5.74, 6) is -0.971. The van der Waals surface area contributed by atoms with Crippen LogP contribution in [0, 0.1) is 22.5 Å². The minimum Gasteiger partial charge on any atom is -0.382 e. The van der Waals surface area contributed by atoms with Crippen molar-refractivity contribution in [3.63, 3.8) is 0 Å². The van der Waals surface area contributed by atoms with Crippen molar-refractivity contribution in [2.75, 3.05) is 0 Å². The molecule has 0 aliphatic carbocycles. The minimum absolute atomic E-state index is 0.108. The van der Waals surface area contributed by atoms with Crippen LogP contribution in [0.1, 0.15) is 53.0 Å².